The van der Waals surface area contributed by atoms with Crippen molar-refractivity contribution in [1.82, 2.24) is 10.6 Å². The van der Waals surface area contributed by atoms with E-state index >= 15 is 0 Å². The van der Waals surface area contributed by atoms with Gasteiger partial charge in [0.05, 0.1) is 12.2 Å². The van der Waals surface area contributed by atoms with Crippen molar-refractivity contribution in [2.75, 3.05) is 6.61 Å². The highest BCUT2D eigenvalue weighted by atomic mass is 19.4. The summed E-state index contributed by atoms with van der Waals surface area (Å²) in [5.74, 6) is -3.75. The molecule has 0 aliphatic carbocycles. The Bertz CT molecular complexity index is 1270. The standard InChI is InChI=1S/C25H21F3N2O6/c1-2-35-22(32)16-10-8-14(9-11-16)17-12-13-18(36-17)20-19(21(31)15-6-4-3-5-7-15)24(34,25(26,27)28)30-23(33)29-20/h3-13,19-20,34H,2H2,1H3,(H2,29,30,33)/t19-,20-,24-/m0/s1. The second kappa shape index (κ2) is 9.50. The van der Waals surface area contributed by atoms with Gasteiger partial charge in [0.1, 0.15) is 23.5 Å². The molecule has 0 unspecified atom stereocenters. The number of halogens is 3. The molecule has 1 aliphatic rings. The number of Topliss-reactive ketones (excluding diaryl/α,β-unsaturated/α-hetero) is 1. The van der Waals surface area contributed by atoms with Gasteiger partial charge in [-0.05, 0) is 31.2 Å². The van der Waals surface area contributed by atoms with Crippen LogP contribution in [0.1, 0.15) is 39.4 Å². The monoisotopic (exact) mass is 502 g/mol. The van der Waals surface area contributed by atoms with Gasteiger partial charge in [-0.15, -0.1) is 0 Å². The summed E-state index contributed by atoms with van der Waals surface area (Å²) in [6, 6.07) is 13.0. The van der Waals surface area contributed by atoms with Gasteiger partial charge in [0.2, 0.25) is 5.72 Å². The van der Waals surface area contributed by atoms with Crippen molar-refractivity contribution in [1.29, 1.82) is 0 Å². The van der Waals surface area contributed by atoms with Crippen molar-refractivity contribution in [3.63, 3.8) is 0 Å². The van der Waals surface area contributed by atoms with Gasteiger partial charge < -0.3 is 24.9 Å². The normalized spacial score (nSPS) is 21.9. The van der Waals surface area contributed by atoms with Crippen molar-refractivity contribution < 1.29 is 41.8 Å². The Morgan fingerprint density at radius 2 is 1.69 bits per heavy atom. The summed E-state index contributed by atoms with van der Waals surface area (Å²) in [4.78, 5) is 37.3. The first kappa shape index (κ1) is 25.0. The van der Waals surface area contributed by atoms with Crippen LogP contribution in [0.5, 0.6) is 0 Å². The average Bonchev–Trinajstić information content (AvgIpc) is 3.34. The Morgan fingerprint density at radius 3 is 2.31 bits per heavy atom. The molecular weight excluding hydrogens is 481 g/mol. The van der Waals surface area contributed by atoms with Gasteiger partial charge in [0.15, 0.2) is 5.78 Å². The lowest BCUT2D eigenvalue weighted by Gasteiger charge is -2.44. The van der Waals surface area contributed by atoms with Gasteiger partial charge in [0, 0.05) is 11.1 Å². The summed E-state index contributed by atoms with van der Waals surface area (Å²) in [6.45, 7) is 1.88. The van der Waals surface area contributed by atoms with Crippen molar-refractivity contribution >= 4 is 17.8 Å². The number of rotatable bonds is 6. The smallest absolute Gasteiger partial charge is 0.437 e. The zero-order valence-corrected chi connectivity index (χ0v) is 18.8. The number of ketones is 1. The Morgan fingerprint density at radius 1 is 1.03 bits per heavy atom. The third-order valence-corrected chi connectivity index (χ3v) is 5.76. The number of carbonyl (C=O) groups excluding carboxylic acids is 3. The van der Waals surface area contributed by atoms with Gasteiger partial charge in [0.25, 0.3) is 0 Å². The van der Waals surface area contributed by atoms with E-state index in [1.807, 2.05) is 0 Å². The predicted molar refractivity (Wildman–Crippen MR) is 120 cm³/mol. The highest BCUT2D eigenvalue weighted by Gasteiger charge is 2.66. The van der Waals surface area contributed by atoms with Crippen LogP contribution in [0, 0.1) is 5.92 Å². The van der Waals surface area contributed by atoms with E-state index in [2.05, 4.69) is 5.32 Å². The molecule has 11 heteroatoms. The topological polar surface area (TPSA) is 118 Å². The van der Waals surface area contributed by atoms with Crippen LogP contribution in [0.2, 0.25) is 0 Å². The molecule has 188 valence electrons. The van der Waals surface area contributed by atoms with E-state index in [0.29, 0.717) is 11.1 Å². The van der Waals surface area contributed by atoms with E-state index in [-0.39, 0.29) is 23.7 Å². The Labute approximate surface area is 203 Å². The summed E-state index contributed by atoms with van der Waals surface area (Å²) < 4.78 is 52.8. The first-order valence-electron chi connectivity index (χ1n) is 10.9. The minimum absolute atomic E-state index is 0.0885. The molecule has 36 heavy (non-hydrogen) atoms. The van der Waals surface area contributed by atoms with Crippen LogP contribution in [0.25, 0.3) is 11.3 Å². The van der Waals surface area contributed by atoms with E-state index in [0.717, 1.165) is 0 Å². The van der Waals surface area contributed by atoms with Gasteiger partial charge in [-0.3, -0.25) is 4.79 Å². The largest absolute Gasteiger partial charge is 0.462 e. The summed E-state index contributed by atoms with van der Waals surface area (Å²) in [5.41, 5.74) is -3.18. The van der Waals surface area contributed by atoms with Crippen LogP contribution in [-0.4, -0.2) is 41.4 Å². The van der Waals surface area contributed by atoms with E-state index in [1.165, 1.54) is 53.8 Å². The Balaban J connectivity index is 1.72. The number of urea groups is 1. The summed E-state index contributed by atoms with van der Waals surface area (Å²) in [5, 5.41) is 14.4. The maximum absolute atomic E-state index is 14.0. The van der Waals surface area contributed by atoms with Crippen LogP contribution < -0.4 is 10.6 Å². The second-order valence-corrected chi connectivity index (χ2v) is 8.05. The Kier molecular flexibility index (Phi) is 6.59. The highest BCUT2D eigenvalue weighted by Crippen LogP contribution is 2.44. The molecule has 3 atom stereocenters. The van der Waals surface area contributed by atoms with Crippen LogP contribution in [0.15, 0.2) is 71.1 Å². The third kappa shape index (κ3) is 4.57. The van der Waals surface area contributed by atoms with Crippen LogP contribution in [0.4, 0.5) is 18.0 Å². The molecule has 1 fully saturated rings. The molecule has 1 aromatic heterocycles. The number of ether oxygens (including phenoxy) is 1. The summed E-state index contributed by atoms with van der Waals surface area (Å²) >= 11 is 0. The molecule has 0 radical (unpaired) electrons. The number of furan rings is 1. The molecule has 0 bridgehead atoms. The molecule has 0 spiro atoms. The number of hydrogen-bond acceptors (Lipinski definition) is 6. The maximum atomic E-state index is 14.0. The minimum atomic E-state index is -5.38. The zero-order valence-electron chi connectivity index (χ0n) is 18.8. The molecule has 0 saturated carbocycles. The number of hydrogen-bond donors (Lipinski definition) is 3. The lowest BCUT2D eigenvalue weighted by molar-refractivity contribution is -0.288. The van der Waals surface area contributed by atoms with Gasteiger partial charge in [-0.1, -0.05) is 42.5 Å². The van der Waals surface area contributed by atoms with E-state index < -0.39 is 41.6 Å². The van der Waals surface area contributed by atoms with Crippen molar-refractivity contribution in [3.8, 4) is 11.3 Å². The van der Waals surface area contributed by atoms with Crippen molar-refractivity contribution in [3.05, 3.63) is 83.6 Å². The molecule has 4 rings (SSSR count). The number of aliphatic hydroxyl groups is 1. The minimum Gasteiger partial charge on any atom is -0.462 e. The molecule has 2 heterocycles. The quantitative estimate of drug-likeness (QED) is 0.343. The van der Waals surface area contributed by atoms with E-state index in [9.17, 15) is 32.7 Å². The predicted octanol–water partition coefficient (Wildman–Crippen LogP) is 4.23. The molecule has 2 aromatic carbocycles. The Hall–Kier alpha value is -4.12. The third-order valence-electron chi connectivity index (χ3n) is 5.76. The summed E-state index contributed by atoms with van der Waals surface area (Å²) in [6.07, 6.45) is -5.38. The van der Waals surface area contributed by atoms with Gasteiger partial charge in [-0.25, -0.2) is 9.59 Å². The zero-order chi connectivity index (χ0) is 26.1. The number of alkyl halides is 3. The van der Waals surface area contributed by atoms with E-state index in [4.69, 9.17) is 9.15 Å². The molecule has 1 aliphatic heterocycles. The fraction of sp³-hybridized carbons (Fsp3) is 0.240. The molecule has 1 saturated heterocycles. The van der Waals surface area contributed by atoms with Crippen LogP contribution in [-0.2, 0) is 4.74 Å². The number of carbonyl (C=O) groups is 3. The average molecular weight is 502 g/mol. The van der Waals surface area contributed by atoms with Crippen molar-refractivity contribution in [2.45, 2.75) is 24.9 Å². The SMILES string of the molecule is CCOC(=O)c1ccc(-c2ccc([C@@H]3NC(=O)N[C@@](O)(C(F)(F)F)[C@@H]3C(=O)c3ccccc3)o2)cc1. The van der Waals surface area contributed by atoms with Crippen LogP contribution >= 0.6 is 0 Å². The first-order chi connectivity index (χ1) is 17.0. The van der Waals surface area contributed by atoms with E-state index in [1.54, 1.807) is 25.1 Å². The number of benzene rings is 2. The highest BCUT2D eigenvalue weighted by molar-refractivity contribution is 6.00. The van der Waals surface area contributed by atoms with Crippen LogP contribution in [0.3, 0.4) is 0 Å². The molecule has 2 amide bonds. The fourth-order valence-corrected chi connectivity index (χ4v) is 4.02. The second-order valence-electron chi connectivity index (χ2n) is 8.05. The molecule has 3 aromatic rings. The number of amides is 2. The number of nitrogens with one attached hydrogen (secondary N) is 2. The molecule has 8 nitrogen and oxygen atoms in total. The first-order valence-corrected chi connectivity index (χ1v) is 10.9. The lowest BCUT2D eigenvalue weighted by Crippen LogP contribution is -2.72. The molecular formula is C25H21F3N2O6. The maximum Gasteiger partial charge on any atom is 0.437 e. The summed E-state index contributed by atoms with van der Waals surface area (Å²) in [7, 11) is 0. The van der Waals surface area contributed by atoms with Crippen molar-refractivity contribution in [2.24, 2.45) is 5.92 Å². The molecule has 3 N–H and O–H groups in total. The number of esters is 1. The lowest BCUT2D eigenvalue weighted by atomic mass is 9.79. The fourth-order valence-electron chi connectivity index (χ4n) is 4.02. The van der Waals surface area contributed by atoms with Gasteiger partial charge >= 0.3 is 18.2 Å². The van der Waals surface area contributed by atoms with Gasteiger partial charge in [-0.2, -0.15) is 13.2 Å².